The molecular formula is C10H10F11NO2. The molecule has 144 valence electrons. The van der Waals surface area contributed by atoms with Crippen molar-refractivity contribution in [3.05, 3.63) is 0 Å². The van der Waals surface area contributed by atoms with Gasteiger partial charge in [0.15, 0.2) is 0 Å². The molecule has 0 aliphatic carbocycles. The topological polar surface area (TPSA) is 38.3 Å². The van der Waals surface area contributed by atoms with Crippen molar-refractivity contribution in [2.75, 3.05) is 0 Å². The van der Waals surface area contributed by atoms with Crippen molar-refractivity contribution in [1.29, 1.82) is 0 Å². The molecule has 0 rings (SSSR count). The van der Waals surface area contributed by atoms with Gasteiger partial charge in [-0.05, 0) is 13.3 Å². The number of alkyl halides is 11. The zero-order chi connectivity index (χ0) is 19.8. The van der Waals surface area contributed by atoms with Gasteiger partial charge in [-0.2, -0.15) is 48.3 Å². The third-order valence-electron chi connectivity index (χ3n) is 2.64. The number of carbonyl (C=O) groups excluding carboxylic acids is 1. The molecule has 0 spiro atoms. The van der Waals surface area contributed by atoms with Gasteiger partial charge in [-0.15, -0.1) is 0 Å². The second-order valence-corrected chi connectivity index (χ2v) is 4.57. The van der Waals surface area contributed by atoms with Crippen molar-refractivity contribution >= 4 is 5.91 Å². The van der Waals surface area contributed by atoms with Crippen LogP contribution in [-0.2, 0) is 9.53 Å². The van der Waals surface area contributed by atoms with Gasteiger partial charge < -0.3 is 5.32 Å². The van der Waals surface area contributed by atoms with Crippen LogP contribution in [0.25, 0.3) is 0 Å². The van der Waals surface area contributed by atoms with Crippen molar-refractivity contribution in [3.63, 3.8) is 0 Å². The molecule has 24 heavy (non-hydrogen) atoms. The average Bonchev–Trinajstić information content (AvgIpc) is 2.34. The summed E-state index contributed by atoms with van der Waals surface area (Å²) in [5, 5.41) is 1.17. The fourth-order valence-corrected chi connectivity index (χ4v) is 1.06. The molecule has 3 nitrogen and oxygen atoms in total. The first-order chi connectivity index (χ1) is 10.3. The molecule has 0 aliphatic rings. The van der Waals surface area contributed by atoms with Crippen LogP contribution >= 0.6 is 0 Å². The number of halogens is 11. The Labute approximate surface area is 127 Å². The maximum atomic E-state index is 13.7. The quantitative estimate of drug-likeness (QED) is 0.704. The van der Waals surface area contributed by atoms with E-state index in [2.05, 4.69) is 4.74 Å². The molecule has 2 unspecified atom stereocenters. The van der Waals surface area contributed by atoms with Crippen LogP contribution in [0.15, 0.2) is 0 Å². The lowest BCUT2D eigenvalue weighted by Crippen LogP contribution is -2.64. The highest BCUT2D eigenvalue weighted by Crippen LogP contribution is 2.50. The molecular weight excluding hydrogens is 375 g/mol. The molecule has 0 radical (unpaired) electrons. The Bertz CT molecular complexity index is 459. The number of rotatable bonds is 6. The van der Waals surface area contributed by atoms with Crippen molar-refractivity contribution in [1.82, 2.24) is 5.32 Å². The van der Waals surface area contributed by atoms with E-state index in [4.69, 9.17) is 0 Å². The summed E-state index contributed by atoms with van der Waals surface area (Å²) < 4.78 is 140. The predicted octanol–water partition coefficient (Wildman–Crippen LogP) is 3.94. The van der Waals surface area contributed by atoms with E-state index in [0.717, 1.165) is 6.92 Å². The van der Waals surface area contributed by atoms with Crippen LogP contribution in [0.3, 0.4) is 0 Å². The van der Waals surface area contributed by atoms with Gasteiger partial charge in [0, 0.05) is 6.04 Å². The van der Waals surface area contributed by atoms with E-state index in [1.54, 1.807) is 0 Å². The molecule has 2 atom stereocenters. The predicted molar refractivity (Wildman–Crippen MR) is 54.8 cm³/mol. The zero-order valence-electron chi connectivity index (χ0n) is 11.8. The van der Waals surface area contributed by atoms with Gasteiger partial charge in [0.25, 0.3) is 5.91 Å². The minimum Gasteiger partial charge on any atom is -0.348 e. The van der Waals surface area contributed by atoms with E-state index in [9.17, 15) is 53.1 Å². The van der Waals surface area contributed by atoms with Gasteiger partial charge >= 0.3 is 30.2 Å². The van der Waals surface area contributed by atoms with Crippen molar-refractivity contribution in [3.8, 4) is 0 Å². The minimum absolute atomic E-state index is 0.144. The summed E-state index contributed by atoms with van der Waals surface area (Å²) in [6.45, 7) is 2.24. The van der Waals surface area contributed by atoms with Gasteiger partial charge in [0.2, 0.25) is 0 Å². The van der Waals surface area contributed by atoms with Crippen LogP contribution in [0.1, 0.15) is 20.3 Å². The van der Waals surface area contributed by atoms with Gasteiger partial charge in [-0.25, -0.2) is 0 Å². The van der Waals surface area contributed by atoms with E-state index in [1.165, 1.54) is 12.2 Å². The van der Waals surface area contributed by atoms with Crippen LogP contribution in [0.5, 0.6) is 0 Å². The van der Waals surface area contributed by atoms with Crippen molar-refractivity contribution in [2.45, 2.75) is 56.5 Å². The first kappa shape index (κ1) is 22.7. The molecule has 1 N–H and O–H groups in total. The number of nitrogens with one attached hydrogen (secondary N) is 1. The molecule has 1 amide bonds. The third-order valence-corrected chi connectivity index (χ3v) is 2.64. The highest BCUT2D eigenvalue weighted by molar-refractivity contribution is 5.84. The summed E-state index contributed by atoms with van der Waals surface area (Å²) in [7, 11) is 0. The highest BCUT2D eigenvalue weighted by atomic mass is 19.4. The van der Waals surface area contributed by atoms with Gasteiger partial charge in [0.1, 0.15) is 0 Å². The zero-order valence-corrected chi connectivity index (χ0v) is 11.8. The molecule has 0 aromatic heterocycles. The molecule has 0 aliphatic heterocycles. The summed E-state index contributed by atoms with van der Waals surface area (Å²) in [6.07, 6.45) is -20.9. The Morgan fingerprint density at radius 2 is 1.33 bits per heavy atom. The van der Waals surface area contributed by atoms with E-state index >= 15 is 0 Å². The number of ether oxygens (including phenoxy) is 1. The van der Waals surface area contributed by atoms with Crippen molar-refractivity contribution < 1.29 is 57.8 Å². The van der Waals surface area contributed by atoms with Crippen LogP contribution in [0, 0.1) is 0 Å². The summed E-state index contributed by atoms with van der Waals surface area (Å²) in [5.41, 5.74) is 0. The monoisotopic (exact) mass is 385 g/mol. The Hall–Kier alpha value is -1.34. The molecule has 0 heterocycles. The summed E-state index contributed by atoms with van der Waals surface area (Å²) in [4.78, 5) is 11.1. The Balaban J connectivity index is 5.87. The lowest BCUT2D eigenvalue weighted by molar-refractivity contribution is -0.473. The molecule has 0 aromatic rings. The lowest BCUT2D eigenvalue weighted by Gasteiger charge is -2.34. The lowest BCUT2D eigenvalue weighted by atomic mass is 10.2. The minimum atomic E-state index is -7.20. The molecule has 0 saturated carbocycles. The summed E-state index contributed by atoms with van der Waals surface area (Å²) in [6, 6.07) is -1.25. The second-order valence-electron chi connectivity index (χ2n) is 4.57. The van der Waals surface area contributed by atoms with E-state index < -0.39 is 42.2 Å². The molecule has 0 saturated heterocycles. The number of hydrogen-bond donors (Lipinski definition) is 1. The van der Waals surface area contributed by atoms with Crippen LogP contribution in [0.2, 0.25) is 0 Å². The van der Waals surface area contributed by atoms with Crippen LogP contribution in [-0.4, -0.2) is 42.2 Å². The standard InChI is InChI=1S/C10H10F11NO2/c1-3-4(2)22-5(23)6(11,8(14,15)16)24-10(20,21)7(12,13)9(17,18)19/h4H,3H2,1-2H3,(H,22,23). The normalized spacial score (nSPS) is 18.0. The maximum Gasteiger partial charge on any atom is 0.462 e. The van der Waals surface area contributed by atoms with Gasteiger partial charge in [0.05, 0.1) is 0 Å². The molecule has 14 heteroatoms. The molecule has 0 bridgehead atoms. The fraction of sp³-hybridized carbons (Fsp3) is 0.900. The second kappa shape index (κ2) is 6.52. The SMILES string of the molecule is CCC(C)NC(=O)C(F)(OC(F)(F)C(F)(F)C(F)(F)F)C(F)(F)F. The molecule has 0 aromatic carbocycles. The third kappa shape index (κ3) is 4.19. The van der Waals surface area contributed by atoms with Crippen molar-refractivity contribution in [2.24, 2.45) is 0 Å². The number of amides is 1. The summed E-state index contributed by atoms with van der Waals surface area (Å²) in [5.74, 6) is -16.3. The number of hydrogen-bond acceptors (Lipinski definition) is 2. The Morgan fingerprint density at radius 1 is 0.917 bits per heavy atom. The summed E-state index contributed by atoms with van der Waals surface area (Å²) >= 11 is 0. The van der Waals surface area contributed by atoms with E-state index in [1.807, 2.05) is 0 Å². The smallest absolute Gasteiger partial charge is 0.348 e. The first-order valence-corrected chi connectivity index (χ1v) is 5.92. The average molecular weight is 385 g/mol. The first-order valence-electron chi connectivity index (χ1n) is 5.92. The van der Waals surface area contributed by atoms with E-state index in [-0.39, 0.29) is 6.42 Å². The Kier molecular flexibility index (Phi) is 6.15. The Morgan fingerprint density at radius 3 is 1.62 bits per heavy atom. The molecule has 0 fully saturated rings. The highest BCUT2D eigenvalue weighted by Gasteiger charge is 2.79. The largest absolute Gasteiger partial charge is 0.462 e. The van der Waals surface area contributed by atoms with Crippen LogP contribution < -0.4 is 5.32 Å². The van der Waals surface area contributed by atoms with E-state index in [0.29, 0.717) is 0 Å². The van der Waals surface area contributed by atoms with Gasteiger partial charge in [-0.3, -0.25) is 9.53 Å². The van der Waals surface area contributed by atoms with Crippen LogP contribution in [0.4, 0.5) is 48.3 Å². The number of carbonyl (C=O) groups is 1. The van der Waals surface area contributed by atoms with Gasteiger partial charge in [-0.1, -0.05) is 6.92 Å². The maximum absolute atomic E-state index is 13.7. The fourth-order valence-electron chi connectivity index (χ4n) is 1.06.